The number of thioether (sulfide) groups is 1. The Hall–Kier alpha value is -2.33. The third kappa shape index (κ3) is 4.44. The maximum Gasteiger partial charge on any atom is 0.332 e. The van der Waals surface area contributed by atoms with Crippen molar-refractivity contribution in [3.8, 4) is 0 Å². The van der Waals surface area contributed by atoms with Crippen LogP contribution in [-0.4, -0.2) is 33.2 Å². The molecule has 2 rings (SSSR count). The number of halogens is 1. The molecule has 0 bridgehead atoms. The second-order valence-electron chi connectivity index (χ2n) is 5.29. The van der Waals surface area contributed by atoms with E-state index in [4.69, 9.17) is 10.5 Å². The monoisotopic (exact) mass is 441 g/mol. The number of nitrogens with two attached hydrogens (primary N) is 1. The summed E-state index contributed by atoms with van der Waals surface area (Å²) in [6, 6.07) is 7.36. The summed E-state index contributed by atoms with van der Waals surface area (Å²) in [7, 11) is 2.58. The van der Waals surface area contributed by atoms with E-state index >= 15 is 0 Å². The van der Waals surface area contributed by atoms with Gasteiger partial charge in [-0.2, -0.15) is 0 Å². The maximum absolute atomic E-state index is 12.2. The van der Waals surface area contributed by atoms with E-state index in [9.17, 15) is 19.2 Å². The van der Waals surface area contributed by atoms with Gasteiger partial charge >= 0.3 is 11.7 Å². The fourth-order valence-electron chi connectivity index (χ4n) is 2.05. The van der Waals surface area contributed by atoms with E-state index in [1.54, 1.807) is 0 Å². The van der Waals surface area contributed by atoms with Crippen LogP contribution < -0.4 is 17.0 Å². The summed E-state index contributed by atoms with van der Waals surface area (Å²) in [4.78, 5) is 48.7. The Morgan fingerprint density at radius 3 is 2.38 bits per heavy atom. The van der Waals surface area contributed by atoms with E-state index in [2.05, 4.69) is 15.9 Å². The second kappa shape index (κ2) is 8.37. The first-order valence-electron chi connectivity index (χ1n) is 7.35. The summed E-state index contributed by atoms with van der Waals surface area (Å²) in [5.74, 6) is -1.62. The molecule has 2 N–H and O–H groups in total. The highest BCUT2D eigenvalue weighted by Gasteiger charge is 2.21. The number of Topliss-reactive ketones (excluding diaryl/α,β-unsaturated/α-hetero) is 1. The lowest BCUT2D eigenvalue weighted by Crippen LogP contribution is -2.42. The SMILES string of the molecule is Cn1c(N)c(C(=O)COC(=O)CSc2ccc(Br)cc2)c(=O)n(C)c1=O. The fourth-order valence-corrected chi connectivity index (χ4v) is 3.02. The number of aromatic nitrogens is 2. The Kier molecular flexibility index (Phi) is 6.43. The third-order valence-corrected chi connectivity index (χ3v) is 5.04. The number of nitrogen functional groups attached to an aromatic ring is 1. The maximum atomic E-state index is 12.2. The summed E-state index contributed by atoms with van der Waals surface area (Å²) < 4.78 is 7.60. The van der Waals surface area contributed by atoms with Crippen LogP contribution in [0.1, 0.15) is 10.4 Å². The predicted molar refractivity (Wildman–Crippen MR) is 101 cm³/mol. The second-order valence-corrected chi connectivity index (χ2v) is 7.26. The minimum Gasteiger partial charge on any atom is -0.457 e. The standard InChI is InChI=1S/C16H16BrN3O5S/c1-19-14(18)13(15(23)20(2)16(19)24)11(21)7-25-12(22)8-26-10-5-3-9(17)4-6-10/h3-6H,7-8,18H2,1-2H3. The van der Waals surface area contributed by atoms with Gasteiger partial charge in [-0.05, 0) is 24.3 Å². The first-order chi connectivity index (χ1) is 12.2. The zero-order valence-electron chi connectivity index (χ0n) is 14.0. The fraction of sp³-hybridized carbons (Fsp3) is 0.250. The van der Waals surface area contributed by atoms with Crippen LogP contribution in [0.3, 0.4) is 0 Å². The molecule has 0 atom stereocenters. The number of ether oxygens (including phenoxy) is 1. The summed E-state index contributed by atoms with van der Waals surface area (Å²) in [5, 5.41) is 0. The zero-order valence-corrected chi connectivity index (χ0v) is 16.4. The quantitative estimate of drug-likeness (QED) is 0.403. The van der Waals surface area contributed by atoms with Crippen LogP contribution in [0, 0.1) is 0 Å². The van der Waals surface area contributed by atoms with Crippen molar-refractivity contribution in [2.45, 2.75) is 4.90 Å². The molecule has 0 saturated carbocycles. The summed E-state index contributed by atoms with van der Waals surface area (Å²) in [6.45, 7) is -0.628. The Bertz CT molecular complexity index is 966. The van der Waals surface area contributed by atoms with Gasteiger partial charge in [-0.1, -0.05) is 15.9 Å². The number of ketones is 1. The highest BCUT2D eigenvalue weighted by atomic mass is 79.9. The molecular formula is C16H16BrN3O5S. The Balaban J connectivity index is 2.00. The number of rotatable bonds is 6. The van der Waals surface area contributed by atoms with Crippen molar-refractivity contribution in [2.75, 3.05) is 18.1 Å². The molecule has 0 fully saturated rings. The number of esters is 1. The summed E-state index contributed by atoms with van der Waals surface area (Å²) in [5.41, 5.74) is 3.85. The molecule has 1 aromatic carbocycles. The average molecular weight is 442 g/mol. The van der Waals surface area contributed by atoms with Gasteiger partial charge in [0.05, 0.1) is 5.75 Å². The molecule has 0 amide bonds. The molecule has 10 heteroatoms. The first kappa shape index (κ1) is 20.0. The number of carbonyl (C=O) groups is 2. The number of anilines is 1. The van der Waals surface area contributed by atoms with E-state index in [0.717, 1.165) is 18.5 Å². The first-order valence-corrected chi connectivity index (χ1v) is 9.13. The summed E-state index contributed by atoms with van der Waals surface area (Å²) in [6.07, 6.45) is 0. The third-order valence-electron chi connectivity index (χ3n) is 3.52. The van der Waals surface area contributed by atoms with Crippen molar-refractivity contribution < 1.29 is 14.3 Å². The van der Waals surface area contributed by atoms with Gasteiger partial charge in [-0.25, -0.2) is 4.79 Å². The van der Waals surface area contributed by atoms with Gasteiger partial charge in [0, 0.05) is 23.5 Å². The lowest BCUT2D eigenvalue weighted by molar-refractivity contribution is -0.139. The molecule has 0 aliphatic carbocycles. The van der Waals surface area contributed by atoms with Gasteiger partial charge in [-0.3, -0.25) is 23.5 Å². The van der Waals surface area contributed by atoms with Crippen LogP contribution in [0.25, 0.3) is 0 Å². The Morgan fingerprint density at radius 2 is 1.77 bits per heavy atom. The molecule has 0 radical (unpaired) electrons. The number of nitrogens with zero attached hydrogens (tertiary/aromatic N) is 2. The molecule has 0 aliphatic heterocycles. The van der Waals surface area contributed by atoms with Crippen molar-refractivity contribution in [3.05, 3.63) is 55.1 Å². The average Bonchev–Trinajstić information content (AvgIpc) is 2.62. The molecule has 2 aromatic rings. The lowest BCUT2D eigenvalue weighted by atomic mass is 10.2. The molecule has 8 nitrogen and oxygen atoms in total. The van der Waals surface area contributed by atoms with E-state index in [-0.39, 0.29) is 17.1 Å². The minimum absolute atomic E-state index is 0.00960. The van der Waals surface area contributed by atoms with Crippen molar-refractivity contribution >= 4 is 45.3 Å². The van der Waals surface area contributed by atoms with Crippen molar-refractivity contribution in [3.63, 3.8) is 0 Å². The molecular weight excluding hydrogens is 426 g/mol. The molecule has 1 aromatic heterocycles. The molecule has 26 heavy (non-hydrogen) atoms. The van der Waals surface area contributed by atoms with Crippen molar-refractivity contribution in [2.24, 2.45) is 14.1 Å². The number of carbonyl (C=O) groups excluding carboxylic acids is 2. The molecule has 0 unspecified atom stereocenters. The predicted octanol–water partition coefficient (Wildman–Crippen LogP) is 0.947. The van der Waals surface area contributed by atoms with Gasteiger partial charge in [0.2, 0.25) is 5.78 Å². The largest absolute Gasteiger partial charge is 0.457 e. The Morgan fingerprint density at radius 1 is 1.15 bits per heavy atom. The van der Waals surface area contributed by atoms with E-state index < -0.39 is 29.6 Å². The lowest BCUT2D eigenvalue weighted by Gasteiger charge is -2.11. The van der Waals surface area contributed by atoms with Gasteiger partial charge < -0.3 is 10.5 Å². The molecule has 0 aliphatic rings. The van der Waals surface area contributed by atoms with Gasteiger partial charge in [-0.15, -0.1) is 11.8 Å². The summed E-state index contributed by atoms with van der Waals surface area (Å²) >= 11 is 4.57. The molecule has 0 saturated heterocycles. The number of hydrogen-bond donors (Lipinski definition) is 1. The van der Waals surface area contributed by atoms with E-state index in [1.165, 1.54) is 25.9 Å². The topological polar surface area (TPSA) is 113 Å². The van der Waals surface area contributed by atoms with Crippen LogP contribution in [0.5, 0.6) is 0 Å². The molecule has 1 heterocycles. The molecule has 138 valence electrons. The highest BCUT2D eigenvalue weighted by molar-refractivity contribution is 9.10. The van der Waals surface area contributed by atoms with Crippen LogP contribution in [0.2, 0.25) is 0 Å². The molecule has 0 spiro atoms. The van der Waals surface area contributed by atoms with Crippen LogP contribution in [-0.2, 0) is 23.6 Å². The van der Waals surface area contributed by atoms with Crippen molar-refractivity contribution in [1.82, 2.24) is 9.13 Å². The van der Waals surface area contributed by atoms with Gasteiger partial charge in [0.15, 0.2) is 6.61 Å². The van der Waals surface area contributed by atoms with Crippen LogP contribution in [0.4, 0.5) is 5.82 Å². The number of hydrogen-bond acceptors (Lipinski definition) is 7. The highest BCUT2D eigenvalue weighted by Crippen LogP contribution is 2.20. The van der Waals surface area contributed by atoms with Gasteiger partial charge in [0.25, 0.3) is 5.56 Å². The van der Waals surface area contributed by atoms with E-state index in [0.29, 0.717) is 0 Å². The van der Waals surface area contributed by atoms with Crippen LogP contribution in [0.15, 0.2) is 43.2 Å². The Labute approximate surface area is 161 Å². The van der Waals surface area contributed by atoms with Crippen molar-refractivity contribution in [1.29, 1.82) is 0 Å². The smallest absolute Gasteiger partial charge is 0.332 e. The van der Waals surface area contributed by atoms with E-state index in [1.807, 2.05) is 24.3 Å². The van der Waals surface area contributed by atoms with Gasteiger partial charge in [0.1, 0.15) is 11.4 Å². The minimum atomic E-state index is -0.823. The number of benzene rings is 1. The zero-order chi connectivity index (χ0) is 19.4. The van der Waals surface area contributed by atoms with Crippen LogP contribution >= 0.6 is 27.7 Å². The normalized spacial score (nSPS) is 10.6.